The second-order valence-corrected chi connectivity index (χ2v) is 9.67. The van der Waals surface area contributed by atoms with Gasteiger partial charge in [0.25, 0.3) is 10.0 Å². The van der Waals surface area contributed by atoms with E-state index in [9.17, 15) is 13.2 Å². The molecule has 7 nitrogen and oxygen atoms in total. The summed E-state index contributed by atoms with van der Waals surface area (Å²) >= 11 is 0. The number of carbonyl (C=O) groups is 1. The van der Waals surface area contributed by atoms with Gasteiger partial charge in [0, 0.05) is 17.8 Å². The van der Waals surface area contributed by atoms with E-state index in [1.165, 1.54) is 26.4 Å². The number of anilines is 2. The molecule has 0 saturated heterocycles. The van der Waals surface area contributed by atoms with E-state index in [-0.39, 0.29) is 34.8 Å². The predicted octanol–water partition coefficient (Wildman–Crippen LogP) is 3.88. The maximum absolute atomic E-state index is 13.7. The minimum absolute atomic E-state index is 0.0751. The molecule has 172 valence electrons. The molecule has 1 aliphatic rings. The lowest BCUT2D eigenvalue weighted by molar-refractivity contribution is -0.117. The van der Waals surface area contributed by atoms with Crippen molar-refractivity contribution in [1.82, 2.24) is 0 Å². The molecule has 3 aromatic rings. The van der Waals surface area contributed by atoms with Crippen molar-refractivity contribution >= 4 is 27.3 Å². The summed E-state index contributed by atoms with van der Waals surface area (Å²) in [6, 6.07) is 20.5. The molecule has 1 atom stereocenters. The number of amides is 1. The van der Waals surface area contributed by atoms with Crippen molar-refractivity contribution in [1.29, 1.82) is 0 Å². The summed E-state index contributed by atoms with van der Waals surface area (Å²) in [5.41, 5.74) is 2.14. The average molecular weight is 467 g/mol. The molecule has 4 rings (SSSR count). The van der Waals surface area contributed by atoms with E-state index in [1.807, 2.05) is 31.2 Å². The monoisotopic (exact) mass is 466 g/mol. The fourth-order valence-electron chi connectivity index (χ4n) is 4.15. The zero-order chi connectivity index (χ0) is 23.6. The van der Waals surface area contributed by atoms with Gasteiger partial charge in [-0.2, -0.15) is 0 Å². The summed E-state index contributed by atoms with van der Waals surface area (Å²) in [4.78, 5) is 15.3. The van der Waals surface area contributed by atoms with Crippen LogP contribution >= 0.6 is 0 Å². The number of benzene rings is 3. The van der Waals surface area contributed by atoms with Crippen molar-refractivity contribution in [2.24, 2.45) is 0 Å². The average Bonchev–Trinajstić information content (AvgIpc) is 3.18. The molecule has 0 radical (unpaired) electrons. The summed E-state index contributed by atoms with van der Waals surface area (Å²) in [5.74, 6) is 0.488. The number of hydrogen-bond donors (Lipinski definition) is 0. The van der Waals surface area contributed by atoms with Gasteiger partial charge in [0.15, 0.2) is 0 Å². The van der Waals surface area contributed by atoms with Crippen LogP contribution in [-0.2, 0) is 21.2 Å². The molecule has 33 heavy (non-hydrogen) atoms. The highest BCUT2D eigenvalue weighted by Gasteiger charge is 2.35. The van der Waals surface area contributed by atoms with Gasteiger partial charge in [-0.05, 0) is 49.2 Å². The van der Waals surface area contributed by atoms with Gasteiger partial charge in [-0.3, -0.25) is 9.10 Å². The van der Waals surface area contributed by atoms with Gasteiger partial charge >= 0.3 is 0 Å². The van der Waals surface area contributed by atoms with E-state index < -0.39 is 10.0 Å². The molecule has 3 aromatic carbocycles. The highest BCUT2D eigenvalue weighted by Crippen LogP contribution is 2.37. The summed E-state index contributed by atoms with van der Waals surface area (Å²) in [7, 11) is -1.09. The van der Waals surface area contributed by atoms with Gasteiger partial charge in [-0.25, -0.2) is 8.42 Å². The first-order chi connectivity index (χ1) is 15.9. The Bertz CT molecular complexity index is 1260. The molecule has 0 N–H and O–H groups in total. The van der Waals surface area contributed by atoms with Crippen LogP contribution in [0, 0.1) is 0 Å². The van der Waals surface area contributed by atoms with Crippen molar-refractivity contribution in [2.45, 2.75) is 24.3 Å². The lowest BCUT2D eigenvalue weighted by Gasteiger charge is -2.29. The Balaban J connectivity index is 1.78. The maximum atomic E-state index is 13.7. The van der Waals surface area contributed by atoms with Crippen LogP contribution in [0.15, 0.2) is 77.7 Å². The third kappa shape index (κ3) is 4.26. The second-order valence-electron chi connectivity index (χ2n) is 7.81. The third-order valence-corrected chi connectivity index (χ3v) is 7.52. The number of fused-ring (bicyclic) bond motifs is 1. The first kappa shape index (κ1) is 22.7. The number of nitrogens with zero attached hydrogens (tertiary/aromatic N) is 2. The van der Waals surface area contributed by atoms with Crippen molar-refractivity contribution in [3.05, 3.63) is 78.4 Å². The second kappa shape index (κ2) is 9.15. The van der Waals surface area contributed by atoms with E-state index in [1.54, 1.807) is 41.3 Å². The number of para-hydroxylation sites is 1. The molecule has 0 bridgehead atoms. The van der Waals surface area contributed by atoms with Crippen LogP contribution in [0.3, 0.4) is 0 Å². The molecule has 0 aromatic heterocycles. The van der Waals surface area contributed by atoms with Crippen molar-refractivity contribution in [3.8, 4) is 11.5 Å². The minimum Gasteiger partial charge on any atom is -0.497 e. The summed E-state index contributed by atoms with van der Waals surface area (Å²) in [6.07, 6.45) is 0.721. The largest absolute Gasteiger partial charge is 0.497 e. The number of hydrogen-bond acceptors (Lipinski definition) is 5. The van der Waals surface area contributed by atoms with Crippen molar-refractivity contribution in [3.63, 3.8) is 0 Å². The van der Waals surface area contributed by atoms with Crippen LogP contribution in [0.1, 0.15) is 12.5 Å². The summed E-state index contributed by atoms with van der Waals surface area (Å²) in [6.45, 7) is 1.58. The number of carbonyl (C=O) groups excluding carboxylic acids is 1. The highest BCUT2D eigenvalue weighted by atomic mass is 32.2. The Labute approximate surface area is 194 Å². The van der Waals surface area contributed by atoms with Crippen molar-refractivity contribution in [2.75, 3.05) is 30.0 Å². The molecule has 1 heterocycles. The molecule has 1 aliphatic heterocycles. The SMILES string of the molecule is COc1ccc(N(CC(=O)N2c3ccccc3C[C@@H]2C)S(=O)(=O)c2ccccc2)c(OC)c1. The van der Waals surface area contributed by atoms with E-state index in [0.717, 1.165) is 22.0 Å². The minimum atomic E-state index is -4.06. The molecule has 0 unspecified atom stereocenters. The fourth-order valence-corrected chi connectivity index (χ4v) is 5.60. The smallest absolute Gasteiger partial charge is 0.264 e. The first-order valence-electron chi connectivity index (χ1n) is 10.6. The standard InChI is InChI=1S/C25H26N2O5S/c1-18-15-19-9-7-8-12-22(19)27(18)25(28)17-26(33(29,30)21-10-5-4-6-11-21)23-14-13-20(31-2)16-24(23)32-3/h4-14,16,18H,15,17H2,1-3H3/t18-/m0/s1. The molecule has 0 fully saturated rings. The van der Waals surface area contributed by atoms with Gasteiger partial charge < -0.3 is 14.4 Å². The third-order valence-electron chi connectivity index (χ3n) is 5.74. The van der Waals surface area contributed by atoms with Crippen LogP contribution in [0.2, 0.25) is 0 Å². The van der Waals surface area contributed by atoms with E-state index in [2.05, 4.69) is 0 Å². The summed E-state index contributed by atoms with van der Waals surface area (Å²) in [5, 5.41) is 0. The van der Waals surface area contributed by atoms with Crippen molar-refractivity contribution < 1.29 is 22.7 Å². The lowest BCUT2D eigenvalue weighted by Crippen LogP contribution is -2.45. The van der Waals surface area contributed by atoms with E-state index in [0.29, 0.717) is 5.75 Å². The van der Waals surface area contributed by atoms with Gasteiger partial charge in [0.1, 0.15) is 18.0 Å². The van der Waals surface area contributed by atoms with Gasteiger partial charge in [0.05, 0.1) is 24.8 Å². The molecular formula is C25H26N2O5S. The number of rotatable bonds is 7. The van der Waals surface area contributed by atoms with Gasteiger partial charge in [0.2, 0.25) is 5.91 Å². The molecule has 0 aliphatic carbocycles. The van der Waals surface area contributed by atoms with Crippen LogP contribution in [0.5, 0.6) is 11.5 Å². The number of sulfonamides is 1. The number of ether oxygens (including phenoxy) is 2. The normalized spacial score (nSPS) is 15.1. The van der Waals surface area contributed by atoms with Gasteiger partial charge in [-0.15, -0.1) is 0 Å². The van der Waals surface area contributed by atoms with Crippen LogP contribution in [0.4, 0.5) is 11.4 Å². The predicted molar refractivity (Wildman–Crippen MR) is 128 cm³/mol. The zero-order valence-electron chi connectivity index (χ0n) is 18.8. The quantitative estimate of drug-likeness (QED) is 0.528. The zero-order valence-corrected chi connectivity index (χ0v) is 19.6. The van der Waals surface area contributed by atoms with Gasteiger partial charge in [-0.1, -0.05) is 36.4 Å². The maximum Gasteiger partial charge on any atom is 0.264 e. The molecule has 1 amide bonds. The van der Waals surface area contributed by atoms with Crippen LogP contribution in [0.25, 0.3) is 0 Å². The first-order valence-corrected chi connectivity index (χ1v) is 12.0. The molecule has 0 spiro atoms. The Hall–Kier alpha value is -3.52. The topological polar surface area (TPSA) is 76.2 Å². The number of methoxy groups -OCH3 is 2. The van der Waals surface area contributed by atoms with Crippen LogP contribution < -0.4 is 18.7 Å². The molecule has 8 heteroatoms. The Kier molecular flexibility index (Phi) is 6.29. The Morgan fingerprint density at radius 1 is 1.00 bits per heavy atom. The van der Waals surface area contributed by atoms with E-state index >= 15 is 0 Å². The Morgan fingerprint density at radius 2 is 1.70 bits per heavy atom. The lowest BCUT2D eigenvalue weighted by atomic mass is 10.1. The molecular weight excluding hydrogens is 440 g/mol. The van der Waals surface area contributed by atoms with Crippen LogP contribution in [-0.4, -0.2) is 41.1 Å². The fraction of sp³-hybridized carbons (Fsp3) is 0.240. The summed E-state index contributed by atoms with van der Waals surface area (Å²) < 4.78 is 39.2. The highest BCUT2D eigenvalue weighted by molar-refractivity contribution is 7.92. The Morgan fingerprint density at radius 3 is 2.39 bits per heavy atom. The molecule has 0 saturated carbocycles. The van der Waals surface area contributed by atoms with E-state index in [4.69, 9.17) is 9.47 Å².